The number of nitrogens with zero attached hydrogens (tertiary/aromatic N) is 1. The third-order valence-electron chi connectivity index (χ3n) is 1.88. The zero-order valence-electron chi connectivity index (χ0n) is 8.45. The summed E-state index contributed by atoms with van der Waals surface area (Å²) < 4.78 is 0. The van der Waals surface area contributed by atoms with Gasteiger partial charge in [-0.3, -0.25) is 0 Å². The minimum atomic E-state index is 0.745. The van der Waals surface area contributed by atoms with Crippen LogP contribution in [0.25, 0.3) is 0 Å². The molecule has 1 aromatic carbocycles. The summed E-state index contributed by atoms with van der Waals surface area (Å²) >= 11 is 1.59. The largest absolute Gasteiger partial charge is 0.193 e. The molecule has 0 bridgehead atoms. The van der Waals surface area contributed by atoms with Gasteiger partial charge in [0.1, 0.15) is 0 Å². The van der Waals surface area contributed by atoms with Crippen molar-refractivity contribution < 1.29 is 0 Å². The van der Waals surface area contributed by atoms with Gasteiger partial charge in [-0.05, 0) is 36.4 Å². The number of thioether (sulfide) groups is 1. The van der Waals surface area contributed by atoms with E-state index in [2.05, 4.69) is 37.3 Å². The van der Waals surface area contributed by atoms with Gasteiger partial charge in [0.05, 0.1) is 6.07 Å². The molecule has 0 radical (unpaired) electrons. The molecule has 0 aliphatic heterocycles. The first kappa shape index (κ1) is 10.9. The van der Waals surface area contributed by atoms with Gasteiger partial charge in [-0.15, -0.1) is 0 Å². The summed E-state index contributed by atoms with van der Waals surface area (Å²) in [5.74, 6) is 0. The minimum absolute atomic E-state index is 0.745. The highest BCUT2D eigenvalue weighted by Gasteiger charge is 1.92. The second-order valence-corrected chi connectivity index (χ2v) is 3.97. The lowest BCUT2D eigenvalue weighted by Gasteiger charge is -1.98. The maximum absolute atomic E-state index is 8.56. The standard InChI is InChI=1S/C12H13NS/c1-3-11-4-6-12(7-5-11)14-9-10(2)8-13/h4-7,9H,3H2,1-2H3. The molecule has 0 heterocycles. The number of benzene rings is 1. The van der Waals surface area contributed by atoms with Crippen molar-refractivity contribution in [3.8, 4) is 6.07 Å². The topological polar surface area (TPSA) is 23.8 Å². The lowest BCUT2D eigenvalue weighted by molar-refractivity contribution is 1.13. The Morgan fingerprint density at radius 3 is 2.57 bits per heavy atom. The normalized spacial score (nSPS) is 11.1. The molecule has 0 N–H and O–H groups in total. The summed E-state index contributed by atoms with van der Waals surface area (Å²) in [7, 11) is 0. The zero-order chi connectivity index (χ0) is 10.4. The highest BCUT2D eigenvalue weighted by molar-refractivity contribution is 8.02. The SMILES string of the molecule is CCc1ccc(SC=C(C)C#N)cc1. The third-order valence-corrected chi connectivity index (χ3v) is 2.90. The Morgan fingerprint density at radius 2 is 2.07 bits per heavy atom. The predicted molar refractivity (Wildman–Crippen MR) is 61.0 cm³/mol. The number of nitriles is 1. The summed E-state index contributed by atoms with van der Waals surface area (Å²) in [5, 5.41) is 10.4. The van der Waals surface area contributed by atoms with Crippen molar-refractivity contribution in [3.63, 3.8) is 0 Å². The lowest BCUT2D eigenvalue weighted by atomic mass is 10.2. The van der Waals surface area contributed by atoms with Crippen molar-refractivity contribution in [2.24, 2.45) is 0 Å². The molecule has 0 saturated carbocycles. The van der Waals surface area contributed by atoms with Crippen molar-refractivity contribution in [2.45, 2.75) is 25.2 Å². The molecule has 0 aromatic heterocycles. The molecule has 0 unspecified atom stereocenters. The first-order chi connectivity index (χ1) is 6.76. The van der Waals surface area contributed by atoms with Crippen LogP contribution in [0.5, 0.6) is 0 Å². The maximum atomic E-state index is 8.56. The van der Waals surface area contributed by atoms with Crippen LogP contribution >= 0.6 is 11.8 Å². The third kappa shape index (κ3) is 3.27. The van der Waals surface area contributed by atoms with Crippen LogP contribution in [0.4, 0.5) is 0 Å². The molecule has 72 valence electrons. The van der Waals surface area contributed by atoms with Gasteiger partial charge in [0.25, 0.3) is 0 Å². The predicted octanol–water partition coefficient (Wildman–Crippen LogP) is 3.77. The Labute approximate surface area is 89.4 Å². The first-order valence-corrected chi connectivity index (χ1v) is 5.46. The van der Waals surface area contributed by atoms with Crippen LogP contribution in [0.1, 0.15) is 19.4 Å². The summed E-state index contributed by atoms with van der Waals surface area (Å²) in [6.45, 7) is 3.95. The van der Waals surface area contributed by atoms with Gasteiger partial charge < -0.3 is 0 Å². The smallest absolute Gasteiger partial charge is 0.0949 e. The van der Waals surface area contributed by atoms with E-state index in [0.29, 0.717) is 0 Å². The fourth-order valence-electron chi connectivity index (χ4n) is 0.987. The van der Waals surface area contributed by atoms with Crippen LogP contribution in [0.15, 0.2) is 40.1 Å². The second kappa shape index (κ2) is 5.51. The molecule has 0 saturated heterocycles. The quantitative estimate of drug-likeness (QED) is 0.551. The van der Waals surface area contributed by atoms with E-state index in [4.69, 9.17) is 5.26 Å². The molecule has 0 amide bonds. The number of rotatable bonds is 3. The Hall–Kier alpha value is -1.20. The first-order valence-electron chi connectivity index (χ1n) is 4.58. The van der Waals surface area contributed by atoms with Crippen LogP contribution in [-0.2, 0) is 6.42 Å². The van der Waals surface area contributed by atoms with Crippen molar-refractivity contribution in [2.75, 3.05) is 0 Å². The van der Waals surface area contributed by atoms with Crippen molar-refractivity contribution >= 4 is 11.8 Å². The maximum Gasteiger partial charge on any atom is 0.0949 e. The number of hydrogen-bond donors (Lipinski definition) is 0. The highest BCUT2D eigenvalue weighted by Crippen LogP contribution is 2.20. The van der Waals surface area contributed by atoms with E-state index >= 15 is 0 Å². The van der Waals surface area contributed by atoms with Crippen LogP contribution in [0.2, 0.25) is 0 Å². The highest BCUT2D eigenvalue weighted by atomic mass is 32.2. The van der Waals surface area contributed by atoms with E-state index in [-0.39, 0.29) is 0 Å². The van der Waals surface area contributed by atoms with Crippen LogP contribution in [-0.4, -0.2) is 0 Å². The summed E-state index contributed by atoms with van der Waals surface area (Å²) in [4.78, 5) is 1.18. The molecule has 2 heteroatoms. The Kier molecular flexibility index (Phi) is 4.28. The average molecular weight is 203 g/mol. The monoisotopic (exact) mass is 203 g/mol. The fraction of sp³-hybridized carbons (Fsp3) is 0.250. The average Bonchev–Trinajstić information content (AvgIpc) is 2.26. The number of aryl methyl sites for hydroxylation is 1. The van der Waals surface area contributed by atoms with E-state index < -0.39 is 0 Å². The lowest BCUT2D eigenvalue weighted by Crippen LogP contribution is -1.77. The molecule has 1 nitrogen and oxygen atoms in total. The molecular formula is C12H13NS. The molecule has 0 fully saturated rings. The van der Waals surface area contributed by atoms with Crippen molar-refractivity contribution in [1.29, 1.82) is 5.26 Å². The number of allylic oxidation sites excluding steroid dienone is 1. The van der Waals surface area contributed by atoms with E-state index in [0.717, 1.165) is 12.0 Å². The number of hydrogen-bond acceptors (Lipinski definition) is 2. The van der Waals surface area contributed by atoms with E-state index in [1.54, 1.807) is 11.8 Å². The Bertz CT molecular complexity index is 357. The van der Waals surface area contributed by atoms with Gasteiger partial charge in [0, 0.05) is 10.5 Å². The minimum Gasteiger partial charge on any atom is -0.193 e. The fourth-order valence-corrected chi connectivity index (χ4v) is 1.65. The van der Waals surface area contributed by atoms with Gasteiger partial charge >= 0.3 is 0 Å². The van der Waals surface area contributed by atoms with Gasteiger partial charge in [0.2, 0.25) is 0 Å². The van der Waals surface area contributed by atoms with Gasteiger partial charge in [0.15, 0.2) is 0 Å². The molecule has 0 aliphatic carbocycles. The van der Waals surface area contributed by atoms with Crippen LogP contribution in [0.3, 0.4) is 0 Å². The molecule has 0 aliphatic rings. The van der Waals surface area contributed by atoms with Crippen LogP contribution < -0.4 is 0 Å². The molecule has 14 heavy (non-hydrogen) atoms. The second-order valence-electron chi connectivity index (χ2n) is 3.03. The van der Waals surface area contributed by atoms with Gasteiger partial charge in [-0.25, -0.2) is 0 Å². The van der Waals surface area contributed by atoms with E-state index in [1.807, 2.05) is 12.3 Å². The van der Waals surface area contributed by atoms with E-state index in [9.17, 15) is 0 Å². The van der Waals surface area contributed by atoms with E-state index in [1.165, 1.54) is 10.5 Å². The zero-order valence-corrected chi connectivity index (χ0v) is 9.27. The van der Waals surface area contributed by atoms with Crippen molar-refractivity contribution in [3.05, 3.63) is 40.8 Å². The Morgan fingerprint density at radius 1 is 1.43 bits per heavy atom. The van der Waals surface area contributed by atoms with Crippen LogP contribution in [0, 0.1) is 11.3 Å². The molecule has 0 spiro atoms. The Balaban J connectivity index is 2.66. The van der Waals surface area contributed by atoms with Gasteiger partial charge in [-0.2, -0.15) is 5.26 Å². The summed E-state index contributed by atoms with van der Waals surface area (Å²) in [6, 6.07) is 10.5. The molecule has 1 rings (SSSR count). The molecule has 1 aromatic rings. The molecular weight excluding hydrogens is 190 g/mol. The molecule has 0 atom stereocenters. The van der Waals surface area contributed by atoms with Crippen molar-refractivity contribution in [1.82, 2.24) is 0 Å². The van der Waals surface area contributed by atoms with Gasteiger partial charge in [-0.1, -0.05) is 30.8 Å². The summed E-state index contributed by atoms with van der Waals surface area (Å²) in [6.07, 6.45) is 1.07. The summed E-state index contributed by atoms with van der Waals surface area (Å²) in [5.41, 5.74) is 2.09.